The van der Waals surface area contributed by atoms with Crippen molar-refractivity contribution in [2.75, 3.05) is 12.5 Å². The summed E-state index contributed by atoms with van der Waals surface area (Å²) in [6.45, 7) is 1.24. The first-order valence-electron chi connectivity index (χ1n) is 9.63. The lowest BCUT2D eigenvalue weighted by Crippen LogP contribution is -2.51. The molecule has 1 aliphatic heterocycles. The first kappa shape index (κ1) is 23.9. The molecule has 1 amide bonds. The van der Waals surface area contributed by atoms with Crippen molar-refractivity contribution < 1.29 is 31.7 Å². The normalized spacial score (nSPS) is 18.4. The van der Waals surface area contributed by atoms with E-state index in [2.05, 4.69) is 5.16 Å². The van der Waals surface area contributed by atoms with Crippen LogP contribution in [0.25, 0.3) is 11.1 Å². The molecule has 2 atom stereocenters. The molecule has 0 radical (unpaired) electrons. The minimum absolute atomic E-state index is 0.171. The van der Waals surface area contributed by atoms with Gasteiger partial charge in [0, 0.05) is 25.4 Å². The predicted molar refractivity (Wildman–Crippen MR) is 119 cm³/mol. The van der Waals surface area contributed by atoms with Gasteiger partial charge in [0.1, 0.15) is 6.10 Å². The largest absolute Gasteiger partial charge is 0.392 e. The Morgan fingerprint density at radius 3 is 2.00 bits per heavy atom. The minimum Gasteiger partial charge on any atom is -0.392 e. The van der Waals surface area contributed by atoms with Crippen LogP contribution in [0.15, 0.2) is 58.6 Å². The smallest absolute Gasteiger partial charge is 0.264 e. The number of benzene rings is 2. The van der Waals surface area contributed by atoms with Gasteiger partial charge in [-0.2, -0.15) is 0 Å². The van der Waals surface area contributed by atoms with Crippen molar-refractivity contribution in [3.05, 3.63) is 54.1 Å². The standard InChI is InChI=1S/C21H24N2O7S2/c1-21(20(24)22-25,32(3,28)29)13-17-12-19(23-30-17)16-6-4-14(5-7-16)15-8-10-18(11-9-15)31(2,26)27/h4-11,17,25H,12-13H2,1-3H3,(H,22,24)/t17-,21-/m1/s1. The first-order valence-corrected chi connectivity index (χ1v) is 13.4. The number of carbonyl (C=O) groups is 1. The van der Waals surface area contributed by atoms with E-state index >= 15 is 0 Å². The highest BCUT2D eigenvalue weighted by molar-refractivity contribution is 7.92. The average molecular weight is 481 g/mol. The van der Waals surface area contributed by atoms with Gasteiger partial charge in [0.25, 0.3) is 5.91 Å². The zero-order valence-electron chi connectivity index (χ0n) is 17.8. The number of hydrogen-bond acceptors (Lipinski definition) is 8. The maximum absolute atomic E-state index is 12.1. The van der Waals surface area contributed by atoms with Gasteiger partial charge in [-0.25, -0.2) is 22.3 Å². The van der Waals surface area contributed by atoms with Gasteiger partial charge in [-0.15, -0.1) is 0 Å². The monoisotopic (exact) mass is 480 g/mol. The first-order chi connectivity index (χ1) is 14.8. The molecule has 9 nitrogen and oxygen atoms in total. The van der Waals surface area contributed by atoms with E-state index in [1.165, 1.54) is 12.4 Å². The fraction of sp³-hybridized carbons (Fsp3) is 0.333. The molecule has 1 aliphatic rings. The highest BCUT2D eigenvalue weighted by Gasteiger charge is 2.47. The number of nitrogens with one attached hydrogen (secondary N) is 1. The molecule has 0 fully saturated rings. The van der Waals surface area contributed by atoms with Gasteiger partial charge >= 0.3 is 0 Å². The molecule has 172 valence electrons. The van der Waals surface area contributed by atoms with Gasteiger partial charge in [-0.3, -0.25) is 10.0 Å². The molecule has 0 bridgehead atoms. The lowest BCUT2D eigenvalue weighted by molar-refractivity contribution is -0.132. The minimum atomic E-state index is -3.83. The van der Waals surface area contributed by atoms with Crippen molar-refractivity contribution in [2.24, 2.45) is 5.16 Å². The van der Waals surface area contributed by atoms with E-state index in [-0.39, 0.29) is 11.3 Å². The molecule has 11 heteroatoms. The fourth-order valence-electron chi connectivity index (χ4n) is 3.42. The van der Waals surface area contributed by atoms with Crippen molar-refractivity contribution in [3.8, 4) is 11.1 Å². The third kappa shape index (κ3) is 4.84. The zero-order valence-corrected chi connectivity index (χ0v) is 19.4. The van der Waals surface area contributed by atoms with Gasteiger partial charge in [-0.05, 0) is 35.7 Å². The number of hydrogen-bond donors (Lipinski definition) is 2. The molecule has 0 unspecified atom stereocenters. The van der Waals surface area contributed by atoms with E-state index in [9.17, 15) is 21.6 Å². The number of hydroxylamine groups is 1. The van der Waals surface area contributed by atoms with Crippen molar-refractivity contribution >= 4 is 31.3 Å². The van der Waals surface area contributed by atoms with Gasteiger partial charge in [0.05, 0.1) is 10.6 Å². The van der Waals surface area contributed by atoms with E-state index in [0.29, 0.717) is 12.1 Å². The second-order valence-corrected chi connectivity index (χ2v) is 12.5. The third-order valence-corrected chi connectivity index (χ3v) is 8.70. The second kappa shape index (κ2) is 8.64. The Kier molecular flexibility index (Phi) is 6.45. The highest BCUT2D eigenvalue weighted by Crippen LogP contribution is 2.30. The lowest BCUT2D eigenvalue weighted by Gasteiger charge is -2.26. The number of rotatable bonds is 7. The number of nitrogens with zero attached hydrogens (tertiary/aromatic N) is 1. The number of oxime groups is 1. The summed E-state index contributed by atoms with van der Waals surface area (Å²) in [6, 6.07) is 14.0. The van der Waals surface area contributed by atoms with Crippen LogP contribution in [0.5, 0.6) is 0 Å². The Balaban J connectivity index is 1.72. The fourth-order valence-corrected chi connectivity index (χ4v) is 4.92. The summed E-state index contributed by atoms with van der Waals surface area (Å²) in [6.07, 6.45) is 1.57. The summed E-state index contributed by atoms with van der Waals surface area (Å²) >= 11 is 0. The topological polar surface area (TPSA) is 139 Å². The van der Waals surface area contributed by atoms with E-state index in [0.717, 1.165) is 29.2 Å². The van der Waals surface area contributed by atoms with Crippen LogP contribution in [0.4, 0.5) is 0 Å². The third-order valence-electron chi connectivity index (χ3n) is 5.58. The van der Waals surface area contributed by atoms with Crippen molar-refractivity contribution in [3.63, 3.8) is 0 Å². The molecule has 2 aromatic rings. The molecule has 2 N–H and O–H groups in total. The zero-order chi connectivity index (χ0) is 23.7. The van der Waals surface area contributed by atoms with Crippen LogP contribution in [0, 0.1) is 0 Å². The maximum atomic E-state index is 12.1. The van der Waals surface area contributed by atoms with E-state index in [4.69, 9.17) is 10.0 Å². The van der Waals surface area contributed by atoms with Crippen LogP contribution in [-0.4, -0.2) is 57.0 Å². The Bertz CT molecular complexity index is 1250. The average Bonchev–Trinajstić information content (AvgIpc) is 3.20. The molecule has 0 saturated heterocycles. The highest BCUT2D eigenvalue weighted by atomic mass is 32.2. The summed E-state index contributed by atoms with van der Waals surface area (Å²) in [5.41, 5.74) is 4.53. The maximum Gasteiger partial charge on any atom is 0.264 e. The Hall–Kier alpha value is -2.76. The molecule has 0 saturated carbocycles. The quantitative estimate of drug-likeness (QED) is 0.456. The summed E-state index contributed by atoms with van der Waals surface area (Å²) in [5, 5.41) is 13.0. The molecule has 32 heavy (non-hydrogen) atoms. The molecule has 2 aromatic carbocycles. The number of amides is 1. The van der Waals surface area contributed by atoms with Crippen LogP contribution in [0.2, 0.25) is 0 Å². The molecule has 1 heterocycles. The van der Waals surface area contributed by atoms with Crippen molar-refractivity contribution in [1.29, 1.82) is 0 Å². The van der Waals surface area contributed by atoms with Gasteiger partial charge in [0.2, 0.25) is 0 Å². The van der Waals surface area contributed by atoms with Crippen LogP contribution in [0.3, 0.4) is 0 Å². The second-order valence-electron chi connectivity index (χ2n) is 7.99. The molecule has 3 rings (SSSR count). The summed E-state index contributed by atoms with van der Waals surface area (Å²) < 4.78 is 45.6. The van der Waals surface area contributed by atoms with Crippen molar-refractivity contribution in [1.82, 2.24) is 5.48 Å². The molecule has 0 aromatic heterocycles. The number of sulfone groups is 2. The Labute approximate surface area is 186 Å². The molecule has 0 spiro atoms. The van der Waals surface area contributed by atoms with Crippen LogP contribution >= 0.6 is 0 Å². The number of carbonyl (C=O) groups excluding carboxylic acids is 1. The summed E-state index contributed by atoms with van der Waals surface area (Å²) in [4.78, 5) is 17.6. The van der Waals surface area contributed by atoms with Gasteiger partial charge in [-0.1, -0.05) is 41.6 Å². The predicted octanol–water partition coefficient (Wildman–Crippen LogP) is 1.95. The van der Waals surface area contributed by atoms with Crippen LogP contribution in [-0.2, 0) is 29.3 Å². The molecule has 0 aliphatic carbocycles. The summed E-state index contributed by atoms with van der Waals surface area (Å²) in [7, 11) is -7.10. The van der Waals surface area contributed by atoms with Gasteiger partial charge in [0.15, 0.2) is 24.4 Å². The van der Waals surface area contributed by atoms with E-state index in [1.807, 2.05) is 24.3 Å². The van der Waals surface area contributed by atoms with E-state index in [1.54, 1.807) is 24.3 Å². The SMILES string of the molecule is C[C@@](C[C@H]1CC(c2ccc(-c3ccc(S(C)(=O)=O)cc3)cc2)=NO1)(C(=O)NO)S(C)(=O)=O. The Morgan fingerprint density at radius 2 is 1.53 bits per heavy atom. The summed E-state index contributed by atoms with van der Waals surface area (Å²) in [5.74, 6) is -1.02. The van der Waals surface area contributed by atoms with Crippen LogP contribution in [0.1, 0.15) is 25.3 Å². The van der Waals surface area contributed by atoms with Crippen molar-refractivity contribution in [2.45, 2.75) is 35.5 Å². The lowest BCUT2D eigenvalue weighted by atomic mass is 9.95. The molecular formula is C21H24N2O7S2. The molecular weight excluding hydrogens is 456 g/mol. The van der Waals surface area contributed by atoms with Gasteiger partial charge < -0.3 is 4.84 Å². The van der Waals surface area contributed by atoms with E-state index < -0.39 is 36.4 Å². The van der Waals surface area contributed by atoms with Crippen LogP contribution < -0.4 is 5.48 Å². The Morgan fingerprint density at radius 1 is 1.03 bits per heavy atom.